The molecule has 0 saturated carbocycles. The standard InChI is InChI=1S/C14H19N3O2/c1-10-11(7-15)6-12(16-10)8-17-5-3-4-14(2,9-17)13(18)19/h6,16H,3-5,8-9H2,1-2H3,(H,18,19)/t14-/m0/s1. The van der Waals surface area contributed by atoms with Crippen LogP contribution in [0.3, 0.4) is 0 Å². The van der Waals surface area contributed by atoms with E-state index in [1.165, 1.54) is 0 Å². The van der Waals surface area contributed by atoms with Crippen LogP contribution in [-0.4, -0.2) is 34.0 Å². The fourth-order valence-electron chi connectivity index (χ4n) is 2.72. The number of carboxylic acids is 1. The van der Waals surface area contributed by atoms with E-state index in [0.717, 1.165) is 30.8 Å². The molecule has 0 bridgehead atoms. The van der Waals surface area contributed by atoms with Gasteiger partial charge in [-0.2, -0.15) is 5.26 Å². The molecule has 0 amide bonds. The number of aryl methyl sites for hydroxylation is 1. The monoisotopic (exact) mass is 261 g/mol. The Balaban J connectivity index is 2.07. The molecule has 1 atom stereocenters. The average Bonchev–Trinajstić information content (AvgIpc) is 2.69. The Morgan fingerprint density at radius 1 is 1.68 bits per heavy atom. The minimum Gasteiger partial charge on any atom is -0.481 e. The summed E-state index contributed by atoms with van der Waals surface area (Å²) < 4.78 is 0. The van der Waals surface area contributed by atoms with Gasteiger partial charge in [0.05, 0.1) is 11.0 Å². The Bertz CT molecular complexity index is 529. The van der Waals surface area contributed by atoms with Crippen LogP contribution in [0, 0.1) is 23.7 Å². The lowest BCUT2D eigenvalue weighted by molar-refractivity contribution is -0.151. The summed E-state index contributed by atoms with van der Waals surface area (Å²) in [6.45, 7) is 5.82. The molecule has 1 fully saturated rings. The molecule has 5 nitrogen and oxygen atoms in total. The van der Waals surface area contributed by atoms with E-state index < -0.39 is 11.4 Å². The number of aliphatic carboxylic acids is 1. The van der Waals surface area contributed by atoms with Crippen molar-refractivity contribution in [1.29, 1.82) is 5.26 Å². The first-order valence-corrected chi connectivity index (χ1v) is 6.49. The zero-order chi connectivity index (χ0) is 14.0. The van der Waals surface area contributed by atoms with E-state index in [0.29, 0.717) is 18.7 Å². The van der Waals surface area contributed by atoms with Gasteiger partial charge in [0.2, 0.25) is 0 Å². The number of aromatic nitrogens is 1. The fraction of sp³-hybridized carbons (Fsp3) is 0.571. The van der Waals surface area contributed by atoms with Crippen molar-refractivity contribution in [3.63, 3.8) is 0 Å². The lowest BCUT2D eigenvalue weighted by Gasteiger charge is -2.37. The van der Waals surface area contributed by atoms with E-state index in [2.05, 4.69) is 16.0 Å². The van der Waals surface area contributed by atoms with Crippen molar-refractivity contribution in [2.45, 2.75) is 33.2 Å². The number of carbonyl (C=O) groups is 1. The second kappa shape index (κ2) is 5.06. The molecule has 0 aliphatic carbocycles. The van der Waals surface area contributed by atoms with Crippen molar-refractivity contribution < 1.29 is 9.90 Å². The smallest absolute Gasteiger partial charge is 0.310 e. The molecule has 0 aromatic carbocycles. The molecule has 2 N–H and O–H groups in total. The van der Waals surface area contributed by atoms with Crippen LogP contribution in [0.25, 0.3) is 0 Å². The number of carboxylic acid groups (broad SMARTS) is 1. The molecular weight excluding hydrogens is 242 g/mol. The van der Waals surface area contributed by atoms with E-state index in [1.807, 2.05) is 19.9 Å². The number of piperidine rings is 1. The van der Waals surface area contributed by atoms with Gasteiger partial charge in [-0.05, 0) is 39.3 Å². The molecule has 19 heavy (non-hydrogen) atoms. The summed E-state index contributed by atoms with van der Waals surface area (Å²) in [4.78, 5) is 16.6. The number of likely N-dealkylation sites (tertiary alicyclic amines) is 1. The highest BCUT2D eigenvalue weighted by Crippen LogP contribution is 2.30. The number of nitrogens with one attached hydrogen (secondary N) is 1. The van der Waals surface area contributed by atoms with Gasteiger partial charge >= 0.3 is 5.97 Å². The predicted molar refractivity (Wildman–Crippen MR) is 70.5 cm³/mol. The molecule has 1 aliphatic rings. The summed E-state index contributed by atoms with van der Waals surface area (Å²) in [7, 11) is 0. The van der Waals surface area contributed by atoms with Crippen LogP contribution in [0.2, 0.25) is 0 Å². The molecule has 1 aromatic heterocycles. The summed E-state index contributed by atoms with van der Waals surface area (Å²) in [6.07, 6.45) is 1.62. The summed E-state index contributed by atoms with van der Waals surface area (Å²) in [5.74, 6) is -0.724. The maximum Gasteiger partial charge on any atom is 0.310 e. The van der Waals surface area contributed by atoms with Gasteiger partial charge in [0.25, 0.3) is 0 Å². The van der Waals surface area contributed by atoms with Crippen LogP contribution in [0.5, 0.6) is 0 Å². The van der Waals surface area contributed by atoms with Crippen LogP contribution < -0.4 is 0 Å². The first-order valence-electron chi connectivity index (χ1n) is 6.49. The van der Waals surface area contributed by atoms with Crippen LogP contribution in [0.15, 0.2) is 6.07 Å². The molecule has 0 spiro atoms. The van der Waals surface area contributed by atoms with E-state index >= 15 is 0 Å². The van der Waals surface area contributed by atoms with Crippen molar-refractivity contribution >= 4 is 5.97 Å². The lowest BCUT2D eigenvalue weighted by atomic mass is 9.82. The largest absolute Gasteiger partial charge is 0.481 e. The third-order valence-corrected chi connectivity index (χ3v) is 3.88. The second-order valence-corrected chi connectivity index (χ2v) is 5.63. The fourth-order valence-corrected chi connectivity index (χ4v) is 2.72. The van der Waals surface area contributed by atoms with Crippen molar-refractivity contribution in [3.05, 3.63) is 23.0 Å². The van der Waals surface area contributed by atoms with Gasteiger partial charge in [0, 0.05) is 24.5 Å². The Kier molecular flexibility index (Phi) is 3.63. The molecule has 1 aliphatic heterocycles. The number of rotatable bonds is 3. The van der Waals surface area contributed by atoms with Crippen molar-refractivity contribution in [1.82, 2.24) is 9.88 Å². The van der Waals surface area contributed by atoms with Gasteiger partial charge in [-0.1, -0.05) is 0 Å². The maximum absolute atomic E-state index is 11.3. The Morgan fingerprint density at radius 2 is 2.42 bits per heavy atom. The first-order chi connectivity index (χ1) is 8.94. The lowest BCUT2D eigenvalue weighted by Crippen LogP contribution is -2.45. The molecular formula is C14H19N3O2. The quantitative estimate of drug-likeness (QED) is 0.870. The van der Waals surface area contributed by atoms with Gasteiger partial charge in [-0.25, -0.2) is 0 Å². The minimum absolute atomic E-state index is 0.558. The minimum atomic E-state index is -0.724. The predicted octanol–water partition coefficient (Wildman–Crippen LogP) is 1.88. The highest BCUT2D eigenvalue weighted by molar-refractivity contribution is 5.74. The molecule has 2 rings (SSSR count). The van der Waals surface area contributed by atoms with E-state index in [-0.39, 0.29) is 0 Å². The van der Waals surface area contributed by atoms with E-state index in [4.69, 9.17) is 5.26 Å². The molecule has 1 aromatic rings. The topological polar surface area (TPSA) is 80.1 Å². The molecule has 0 unspecified atom stereocenters. The molecule has 5 heteroatoms. The van der Waals surface area contributed by atoms with E-state index in [9.17, 15) is 9.90 Å². The third-order valence-electron chi connectivity index (χ3n) is 3.88. The number of nitrogens with zero attached hydrogens (tertiary/aromatic N) is 2. The van der Waals surface area contributed by atoms with Crippen LogP contribution in [0.4, 0.5) is 0 Å². The van der Waals surface area contributed by atoms with Gasteiger partial charge in [0.1, 0.15) is 6.07 Å². The first kappa shape index (κ1) is 13.6. The normalized spacial score (nSPS) is 24.1. The van der Waals surface area contributed by atoms with Crippen LogP contribution in [-0.2, 0) is 11.3 Å². The van der Waals surface area contributed by atoms with Gasteiger partial charge in [0.15, 0.2) is 0 Å². The van der Waals surface area contributed by atoms with E-state index in [1.54, 1.807) is 0 Å². The molecule has 0 radical (unpaired) electrons. The highest BCUT2D eigenvalue weighted by Gasteiger charge is 2.37. The van der Waals surface area contributed by atoms with Crippen molar-refractivity contribution in [2.75, 3.05) is 13.1 Å². The van der Waals surface area contributed by atoms with Crippen LogP contribution >= 0.6 is 0 Å². The Morgan fingerprint density at radius 3 is 3.00 bits per heavy atom. The number of nitriles is 1. The summed E-state index contributed by atoms with van der Waals surface area (Å²) >= 11 is 0. The Labute approximate surface area is 112 Å². The van der Waals surface area contributed by atoms with Gasteiger partial charge < -0.3 is 10.1 Å². The van der Waals surface area contributed by atoms with Crippen LogP contribution in [0.1, 0.15) is 36.7 Å². The molecule has 1 saturated heterocycles. The Hall–Kier alpha value is -1.80. The molecule has 102 valence electrons. The van der Waals surface area contributed by atoms with Crippen molar-refractivity contribution in [2.24, 2.45) is 5.41 Å². The zero-order valence-corrected chi connectivity index (χ0v) is 11.4. The number of hydrogen-bond acceptors (Lipinski definition) is 3. The summed E-state index contributed by atoms with van der Waals surface area (Å²) in [5, 5.41) is 18.2. The third kappa shape index (κ3) is 2.79. The maximum atomic E-state index is 11.3. The van der Waals surface area contributed by atoms with Crippen molar-refractivity contribution in [3.8, 4) is 6.07 Å². The number of hydrogen-bond donors (Lipinski definition) is 2. The van der Waals surface area contributed by atoms with Gasteiger partial charge in [-0.15, -0.1) is 0 Å². The SMILES string of the molecule is Cc1[nH]c(CN2CCC[C@](C)(C(=O)O)C2)cc1C#N. The summed E-state index contributed by atoms with van der Waals surface area (Å²) in [5.41, 5.74) is 1.85. The highest BCUT2D eigenvalue weighted by atomic mass is 16.4. The zero-order valence-electron chi connectivity index (χ0n) is 11.4. The number of aromatic amines is 1. The van der Waals surface area contributed by atoms with Gasteiger partial charge in [-0.3, -0.25) is 9.69 Å². The number of H-pyrrole nitrogens is 1. The average molecular weight is 261 g/mol. The molecule has 2 heterocycles. The summed E-state index contributed by atoms with van der Waals surface area (Å²) in [6, 6.07) is 3.99. The second-order valence-electron chi connectivity index (χ2n) is 5.63.